The third-order valence-corrected chi connectivity index (χ3v) is 3.24. The number of hydrogen-bond donors (Lipinski definition) is 2. The predicted molar refractivity (Wildman–Crippen MR) is 58.7 cm³/mol. The fourth-order valence-corrected chi connectivity index (χ4v) is 2.46. The molecule has 1 aromatic carbocycles. The number of rotatable bonds is 1. The molecule has 0 unspecified atom stereocenters. The van der Waals surface area contributed by atoms with Gasteiger partial charge in [-0.05, 0) is 12.1 Å². The third kappa shape index (κ3) is 1.47. The van der Waals surface area contributed by atoms with Crippen molar-refractivity contribution in [1.82, 2.24) is 4.57 Å². The van der Waals surface area contributed by atoms with Crippen LogP contribution >= 0.6 is 0 Å². The van der Waals surface area contributed by atoms with E-state index in [9.17, 15) is 8.42 Å². The average molecular weight is 225 g/mol. The normalized spacial score (nSPS) is 12.1. The number of fused-ring (bicyclic) bond motifs is 1. The molecular weight excluding hydrogens is 214 g/mol. The fourth-order valence-electron chi connectivity index (χ4n) is 1.65. The first-order chi connectivity index (χ1) is 6.91. The number of anilines is 1. The lowest BCUT2D eigenvalue weighted by molar-refractivity contribution is 0.598. The van der Waals surface area contributed by atoms with Gasteiger partial charge in [0.05, 0.1) is 5.52 Å². The maximum Gasteiger partial charge on any atom is 0.240 e. The fraction of sp³-hybridized carbons (Fsp3) is 0.111. The molecule has 0 radical (unpaired) electrons. The van der Waals surface area contributed by atoms with Crippen molar-refractivity contribution < 1.29 is 8.42 Å². The van der Waals surface area contributed by atoms with Crippen molar-refractivity contribution in [2.24, 2.45) is 12.2 Å². The summed E-state index contributed by atoms with van der Waals surface area (Å²) in [6.07, 6.45) is 1.47. The van der Waals surface area contributed by atoms with Crippen molar-refractivity contribution in [2.45, 2.75) is 4.90 Å². The number of hydrogen-bond acceptors (Lipinski definition) is 3. The Bertz CT molecular complexity index is 628. The van der Waals surface area contributed by atoms with Gasteiger partial charge in [-0.1, -0.05) is 6.07 Å². The molecule has 0 spiro atoms. The van der Waals surface area contributed by atoms with Gasteiger partial charge in [-0.2, -0.15) is 0 Å². The highest BCUT2D eigenvalue weighted by atomic mass is 32.2. The SMILES string of the molecule is Cn1cc(S(N)(=O)=O)c2c(N)cccc21. The van der Waals surface area contributed by atoms with Gasteiger partial charge in [-0.15, -0.1) is 0 Å². The molecule has 0 saturated heterocycles. The largest absolute Gasteiger partial charge is 0.398 e. The molecule has 2 rings (SSSR count). The van der Waals surface area contributed by atoms with Gasteiger partial charge < -0.3 is 10.3 Å². The first-order valence-electron chi connectivity index (χ1n) is 4.27. The summed E-state index contributed by atoms with van der Waals surface area (Å²) in [6.45, 7) is 0. The summed E-state index contributed by atoms with van der Waals surface area (Å²) >= 11 is 0. The smallest absolute Gasteiger partial charge is 0.240 e. The average Bonchev–Trinajstić information content (AvgIpc) is 2.45. The van der Waals surface area contributed by atoms with Gasteiger partial charge in [0.15, 0.2) is 0 Å². The second-order valence-electron chi connectivity index (χ2n) is 3.39. The third-order valence-electron chi connectivity index (χ3n) is 2.32. The van der Waals surface area contributed by atoms with E-state index in [2.05, 4.69) is 0 Å². The molecular formula is C9H11N3O2S. The van der Waals surface area contributed by atoms with Crippen molar-refractivity contribution in [2.75, 3.05) is 5.73 Å². The Kier molecular flexibility index (Phi) is 1.99. The summed E-state index contributed by atoms with van der Waals surface area (Å²) in [7, 11) is -1.99. The summed E-state index contributed by atoms with van der Waals surface area (Å²) in [4.78, 5) is 0.0677. The van der Waals surface area contributed by atoms with Crippen molar-refractivity contribution in [3.63, 3.8) is 0 Å². The highest BCUT2D eigenvalue weighted by Gasteiger charge is 2.17. The summed E-state index contributed by atoms with van der Waals surface area (Å²) in [5.41, 5.74) is 6.90. The second kappa shape index (κ2) is 2.98. The van der Waals surface area contributed by atoms with Gasteiger partial charge in [0.2, 0.25) is 10.0 Å². The highest BCUT2D eigenvalue weighted by Crippen LogP contribution is 2.28. The summed E-state index contributed by atoms with van der Waals surface area (Å²) in [5, 5.41) is 5.60. The van der Waals surface area contributed by atoms with Gasteiger partial charge in [0.25, 0.3) is 0 Å². The molecule has 6 heteroatoms. The number of aromatic nitrogens is 1. The number of primary sulfonamides is 1. The molecule has 1 aromatic heterocycles. The Morgan fingerprint density at radius 2 is 2.00 bits per heavy atom. The lowest BCUT2D eigenvalue weighted by Gasteiger charge is -1.99. The quantitative estimate of drug-likeness (QED) is 0.688. The molecule has 2 aromatic rings. The van der Waals surface area contributed by atoms with Gasteiger partial charge in [0.1, 0.15) is 4.90 Å². The molecule has 15 heavy (non-hydrogen) atoms. The van der Waals surface area contributed by atoms with Crippen LogP contribution < -0.4 is 10.9 Å². The lowest BCUT2D eigenvalue weighted by Crippen LogP contribution is -2.11. The van der Waals surface area contributed by atoms with Crippen molar-refractivity contribution >= 4 is 26.6 Å². The van der Waals surface area contributed by atoms with E-state index in [1.165, 1.54) is 6.20 Å². The molecule has 1 heterocycles. The molecule has 5 nitrogen and oxygen atoms in total. The molecule has 4 N–H and O–H groups in total. The number of benzene rings is 1. The predicted octanol–water partition coefficient (Wildman–Crippen LogP) is 0.408. The van der Waals surface area contributed by atoms with Crippen LogP contribution in [-0.2, 0) is 17.1 Å². The van der Waals surface area contributed by atoms with Crippen molar-refractivity contribution in [3.8, 4) is 0 Å². The van der Waals surface area contributed by atoms with E-state index in [1.807, 2.05) is 0 Å². The molecule has 0 amide bonds. The van der Waals surface area contributed by atoms with E-state index < -0.39 is 10.0 Å². The maximum absolute atomic E-state index is 11.3. The Morgan fingerprint density at radius 3 is 2.60 bits per heavy atom. The zero-order chi connectivity index (χ0) is 11.2. The molecule has 80 valence electrons. The summed E-state index contributed by atoms with van der Waals surface area (Å²) < 4.78 is 24.3. The Labute approximate surface area is 87.3 Å². The van der Waals surface area contributed by atoms with Crippen LogP contribution in [0.25, 0.3) is 10.9 Å². The molecule has 0 saturated carbocycles. The van der Waals surface area contributed by atoms with Crippen LogP contribution in [0, 0.1) is 0 Å². The summed E-state index contributed by atoms with van der Waals surface area (Å²) in [5.74, 6) is 0. The zero-order valence-electron chi connectivity index (χ0n) is 8.14. The summed E-state index contributed by atoms with van der Waals surface area (Å²) in [6, 6.07) is 5.21. The molecule has 0 aliphatic rings. The van der Waals surface area contributed by atoms with E-state index >= 15 is 0 Å². The van der Waals surface area contributed by atoms with Gasteiger partial charge in [-0.3, -0.25) is 0 Å². The Balaban J connectivity index is 3.01. The number of nitrogens with two attached hydrogens (primary N) is 2. The van der Waals surface area contributed by atoms with E-state index in [0.29, 0.717) is 11.1 Å². The first kappa shape index (κ1) is 10.0. The monoisotopic (exact) mass is 225 g/mol. The molecule has 0 atom stereocenters. The van der Waals surface area contributed by atoms with Crippen LogP contribution in [0.4, 0.5) is 5.69 Å². The minimum Gasteiger partial charge on any atom is -0.398 e. The van der Waals surface area contributed by atoms with E-state index in [0.717, 1.165) is 5.52 Å². The van der Waals surface area contributed by atoms with Gasteiger partial charge in [0, 0.05) is 24.3 Å². The van der Waals surface area contributed by atoms with Crippen molar-refractivity contribution in [3.05, 3.63) is 24.4 Å². The van der Waals surface area contributed by atoms with E-state index in [-0.39, 0.29) is 4.90 Å². The van der Waals surface area contributed by atoms with Crippen LogP contribution in [0.3, 0.4) is 0 Å². The molecule has 0 aliphatic heterocycles. The van der Waals surface area contributed by atoms with Crippen LogP contribution in [0.2, 0.25) is 0 Å². The molecule has 0 bridgehead atoms. The number of sulfonamides is 1. The van der Waals surface area contributed by atoms with Crippen LogP contribution in [-0.4, -0.2) is 13.0 Å². The molecule has 0 fully saturated rings. The highest BCUT2D eigenvalue weighted by molar-refractivity contribution is 7.89. The lowest BCUT2D eigenvalue weighted by atomic mass is 10.2. The van der Waals surface area contributed by atoms with Crippen LogP contribution in [0.15, 0.2) is 29.3 Å². The number of aryl methyl sites for hydroxylation is 1. The maximum atomic E-state index is 11.3. The van der Waals surface area contributed by atoms with E-state index in [4.69, 9.17) is 10.9 Å². The zero-order valence-corrected chi connectivity index (χ0v) is 8.95. The number of nitrogens with zero attached hydrogens (tertiary/aromatic N) is 1. The minimum atomic E-state index is -3.73. The second-order valence-corrected chi connectivity index (χ2v) is 4.92. The standard InChI is InChI=1S/C9H11N3O2S/c1-12-5-8(15(11,13)14)9-6(10)3-2-4-7(9)12/h2-5H,10H2,1H3,(H2,11,13,14). The Hall–Kier alpha value is -1.53. The van der Waals surface area contributed by atoms with E-state index in [1.54, 1.807) is 29.8 Å². The van der Waals surface area contributed by atoms with Gasteiger partial charge in [-0.25, -0.2) is 13.6 Å². The van der Waals surface area contributed by atoms with Crippen LogP contribution in [0.5, 0.6) is 0 Å². The van der Waals surface area contributed by atoms with Gasteiger partial charge >= 0.3 is 0 Å². The topological polar surface area (TPSA) is 91.1 Å². The first-order valence-corrected chi connectivity index (χ1v) is 5.82. The van der Waals surface area contributed by atoms with Crippen molar-refractivity contribution in [1.29, 1.82) is 0 Å². The molecule has 0 aliphatic carbocycles. The van der Waals surface area contributed by atoms with Crippen LogP contribution in [0.1, 0.15) is 0 Å². The number of nitrogen functional groups attached to an aromatic ring is 1. The minimum absolute atomic E-state index is 0.0677. The Morgan fingerprint density at radius 1 is 1.33 bits per heavy atom.